The molecule has 0 radical (unpaired) electrons. The zero-order chi connectivity index (χ0) is 21.5. The van der Waals surface area contributed by atoms with E-state index in [0.29, 0.717) is 17.5 Å². The number of phenols is 1. The van der Waals surface area contributed by atoms with Gasteiger partial charge in [-0.15, -0.1) is 0 Å². The summed E-state index contributed by atoms with van der Waals surface area (Å²) in [6.07, 6.45) is 1.51. The summed E-state index contributed by atoms with van der Waals surface area (Å²) in [5.74, 6) is 1.09. The summed E-state index contributed by atoms with van der Waals surface area (Å²) in [6.45, 7) is 0. The highest BCUT2D eigenvalue weighted by Crippen LogP contribution is 2.20. The van der Waals surface area contributed by atoms with Crippen molar-refractivity contribution in [3.8, 4) is 5.75 Å². The van der Waals surface area contributed by atoms with E-state index in [1.54, 1.807) is 6.07 Å². The maximum Gasteiger partial charge on any atom is 0.250 e. The smallest absolute Gasteiger partial charge is 0.250 e. The predicted octanol–water partition coefficient (Wildman–Crippen LogP) is 5.12. The lowest BCUT2D eigenvalue weighted by Crippen LogP contribution is -2.07. The van der Waals surface area contributed by atoms with E-state index in [9.17, 15) is 5.11 Å². The van der Waals surface area contributed by atoms with Gasteiger partial charge < -0.3 is 15.7 Å². The normalized spacial score (nSPS) is 10.7. The van der Waals surface area contributed by atoms with Crippen LogP contribution in [0.3, 0.4) is 0 Å². The van der Waals surface area contributed by atoms with Gasteiger partial charge in [0.05, 0.1) is 6.21 Å². The minimum absolute atomic E-state index is 0.138. The molecule has 0 bridgehead atoms. The van der Waals surface area contributed by atoms with Gasteiger partial charge in [0.25, 0.3) is 0 Å². The lowest BCUT2D eigenvalue weighted by molar-refractivity contribution is 0.474. The van der Waals surface area contributed by atoms with Crippen LogP contribution in [-0.2, 0) is 0 Å². The summed E-state index contributed by atoms with van der Waals surface area (Å²) in [6, 6.07) is 24.5. The van der Waals surface area contributed by atoms with Crippen molar-refractivity contribution in [2.45, 2.75) is 0 Å². The number of hydrogen-bond acceptors (Lipinski definition) is 8. The fourth-order valence-corrected chi connectivity index (χ4v) is 3.14. The number of halogens is 1. The third-order valence-corrected chi connectivity index (χ3v) is 4.72. The maximum absolute atomic E-state index is 9.97. The van der Waals surface area contributed by atoms with Crippen molar-refractivity contribution >= 4 is 58.0 Å². The van der Waals surface area contributed by atoms with E-state index in [2.05, 4.69) is 58.7 Å². The highest BCUT2D eigenvalue weighted by atomic mass is 127. The number of phenolic OH excluding ortho intramolecular Hbond substituents is 1. The molecule has 4 N–H and O–H groups in total. The number of aromatic hydroxyl groups is 1. The summed E-state index contributed by atoms with van der Waals surface area (Å²) >= 11 is 2.17. The average Bonchev–Trinajstić information content (AvgIpc) is 2.77. The molecule has 0 saturated carbocycles. The molecular weight excluding hydrogens is 505 g/mol. The van der Waals surface area contributed by atoms with E-state index in [4.69, 9.17) is 0 Å². The van der Waals surface area contributed by atoms with Crippen molar-refractivity contribution in [2.24, 2.45) is 5.10 Å². The molecule has 0 aliphatic carbocycles. The number of aromatic nitrogens is 3. The number of nitrogens with zero attached hydrogens (tertiary/aromatic N) is 4. The first-order valence-electron chi connectivity index (χ1n) is 9.33. The Labute approximate surface area is 192 Å². The van der Waals surface area contributed by atoms with Crippen LogP contribution in [0.4, 0.5) is 29.2 Å². The van der Waals surface area contributed by atoms with Crippen LogP contribution in [0.5, 0.6) is 5.75 Å². The number of hydrogen-bond donors (Lipinski definition) is 4. The monoisotopic (exact) mass is 523 g/mol. The van der Waals surface area contributed by atoms with E-state index in [-0.39, 0.29) is 11.7 Å². The van der Waals surface area contributed by atoms with Crippen LogP contribution >= 0.6 is 22.6 Å². The molecule has 1 aromatic heterocycles. The minimum atomic E-state index is 0.138. The topological polar surface area (TPSA) is 107 Å². The number of benzene rings is 3. The molecule has 4 aromatic rings. The van der Waals surface area contributed by atoms with Crippen molar-refractivity contribution in [2.75, 3.05) is 16.1 Å². The predicted molar refractivity (Wildman–Crippen MR) is 131 cm³/mol. The second-order valence-corrected chi connectivity index (χ2v) is 7.61. The SMILES string of the molecule is Oc1ccc(I)cc1C=NNc1nc(Nc2ccccc2)nc(Nc2ccccc2)n1. The summed E-state index contributed by atoms with van der Waals surface area (Å²) in [5.41, 5.74) is 5.08. The van der Waals surface area contributed by atoms with Crippen molar-refractivity contribution in [1.82, 2.24) is 15.0 Å². The Morgan fingerprint density at radius 2 is 1.29 bits per heavy atom. The highest BCUT2D eigenvalue weighted by Gasteiger charge is 2.07. The molecule has 154 valence electrons. The van der Waals surface area contributed by atoms with Gasteiger partial charge in [0.2, 0.25) is 17.8 Å². The van der Waals surface area contributed by atoms with Crippen molar-refractivity contribution in [1.29, 1.82) is 0 Å². The Kier molecular flexibility index (Phi) is 6.53. The Morgan fingerprint density at radius 1 is 0.742 bits per heavy atom. The third kappa shape index (κ3) is 5.89. The van der Waals surface area contributed by atoms with Crippen LogP contribution in [0.1, 0.15) is 5.56 Å². The first kappa shape index (κ1) is 20.5. The van der Waals surface area contributed by atoms with E-state index in [1.807, 2.05) is 72.8 Å². The summed E-state index contributed by atoms with van der Waals surface area (Å²) < 4.78 is 0.987. The molecule has 0 spiro atoms. The van der Waals surface area contributed by atoms with Gasteiger partial charge in [-0.3, -0.25) is 0 Å². The molecular formula is C22H18IN7O. The zero-order valence-electron chi connectivity index (χ0n) is 16.2. The Bertz CT molecular complexity index is 1130. The number of anilines is 5. The van der Waals surface area contributed by atoms with E-state index in [1.165, 1.54) is 6.21 Å². The molecule has 0 aliphatic rings. The van der Waals surface area contributed by atoms with E-state index in [0.717, 1.165) is 14.9 Å². The van der Waals surface area contributed by atoms with Gasteiger partial charge >= 0.3 is 0 Å². The van der Waals surface area contributed by atoms with Crippen molar-refractivity contribution < 1.29 is 5.11 Å². The van der Waals surface area contributed by atoms with Gasteiger partial charge in [-0.05, 0) is 65.1 Å². The number of rotatable bonds is 7. The fraction of sp³-hybridized carbons (Fsp3) is 0. The van der Waals surface area contributed by atoms with Crippen molar-refractivity contribution in [3.05, 3.63) is 88.0 Å². The number of hydrazone groups is 1. The molecule has 0 atom stereocenters. The standard InChI is InChI=1S/C22H18IN7O/c23-16-11-12-19(31)15(13-16)14-24-30-22-28-20(25-17-7-3-1-4-8-17)27-21(29-22)26-18-9-5-2-6-10-18/h1-14,31H,(H3,25,26,27,28,29,30). The lowest BCUT2D eigenvalue weighted by atomic mass is 10.2. The minimum Gasteiger partial charge on any atom is -0.507 e. The molecule has 0 saturated heterocycles. The highest BCUT2D eigenvalue weighted by molar-refractivity contribution is 14.1. The molecule has 1 heterocycles. The first-order valence-corrected chi connectivity index (χ1v) is 10.4. The van der Waals surface area contributed by atoms with E-state index >= 15 is 0 Å². The molecule has 8 nitrogen and oxygen atoms in total. The average molecular weight is 523 g/mol. The van der Waals surface area contributed by atoms with Gasteiger partial charge in [0.1, 0.15) is 5.75 Å². The Hall–Kier alpha value is -3.73. The number of para-hydroxylation sites is 2. The van der Waals surface area contributed by atoms with Crippen molar-refractivity contribution in [3.63, 3.8) is 0 Å². The molecule has 31 heavy (non-hydrogen) atoms. The largest absolute Gasteiger partial charge is 0.507 e. The van der Waals surface area contributed by atoms with Crippen LogP contribution in [-0.4, -0.2) is 26.3 Å². The molecule has 3 aromatic carbocycles. The molecule has 9 heteroatoms. The van der Waals surface area contributed by atoms with Gasteiger partial charge in [0.15, 0.2) is 0 Å². The molecule has 0 aliphatic heterocycles. The van der Waals surface area contributed by atoms with Crippen LogP contribution in [0.2, 0.25) is 0 Å². The Balaban J connectivity index is 1.59. The van der Waals surface area contributed by atoms with Crippen LogP contribution in [0, 0.1) is 3.57 Å². The third-order valence-electron chi connectivity index (χ3n) is 4.05. The summed E-state index contributed by atoms with van der Waals surface area (Å²) in [4.78, 5) is 13.2. The quantitative estimate of drug-likeness (QED) is 0.151. The van der Waals surface area contributed by atoms with E-state index < -0.39 is 0 Å². The van der Waals surface area contributed by atoms with Gasteiger partial charge in [0, 0.05) is 20.5 Å². The molecule has 4 rings (SSSR count). The zero-order valence-corrected chi connectivity index (χ0v) is 18.4. The van der Waals surface area contributed by atoms with Gasteiger partial charge in [-0.1, -0.05) is 36.4 Å². The molecule has 0 amide bonds. The molecule has 0 unspecified atom stereocenters. The second-order valence-electron chi connectivity index (χ2n) is 6.36. The maximum atomic E-state index is 9.97. The van der Waals surface area contributed by atoms with Gasteiger partial charge in [-0.2, -0.15) is 20.1 Å². The van der Waals surface area contributed by atoms with Crippen LogP contribution in [0.15, 0.2) is 84.0 Å². The Morgan fingerprint density at radius 3 is 1.87 bits per heavy atom. The first-order chi connectivity index (χ1) is 15.2. The summed E-state index contributed by atoms with van der Waals surface area (Å²) in [5, 5.41) is 20.4. The van der Waals surface area contributed by atoms with Crippen LogP contribution in [0.25, 0.3) is 0 Å². The van der Waals surface area contributed by atoms with Gasteiger partial charge in [-0.25, -0.2) is 5.43 Å². The van der Waals surface area contributed by atoms with Crippen LogP contribution < -0.4 is 16.1 Å². The fourth-order valence-electron chi connectivity index (χ4n) is 2.63. The second kappa shape index (κ2) is 9.85. The number of nitrogens with one attached hydrogen (secondary N) is 3. The molecule has 0 fully saturated rings. The lowest BCUT2D eigenvalue weighted by Gasteiger charge is -2.10. The summed E-state index contributed by atoms with van der Waals surface area (Å²) in [7, 11) is 0.